The molecule has 1 aliphatic rings. The molecule has 0 unspecified atom stereocenters. The van der Waals surface area contributed by atoms with Gasteiger partial charge in [-0.05, 0) is 67.9 Å². The normalized spacial score (nSPS) is 11.9. The molecule has 0 bridgehead atoms. The first-order valence-corrected chi connectivity index (χ1v) is 9.83. The molecule has 2 amide bonds. The lowest BCUT2D eigenvalue weighted by atomic mass is 10.2. The van der Waals surface area contributed by atoms with Crippen LogP contribution in [0.5, 0.6) is 17.2 Å². The van der Waals surface area contributed by atoms with Crippen molar-refractivity contribution in [3.05, 3.63) is 71.7 Å². The van der Waals surface area contributed by atoms with Gasteiger partial charge in [-0.25, -0.2) is 4.79 Å². The largest absolute Gasteiger partial charge is 0.494 e. The number of ether oxygens (including phenoxy) is 3. The number of nitrogens with one attached hydrogen (secondary N) is 1. The second-order valence-electron chi connectivity index (χ2n) is 6.94. The van der Waals surface area contributed by atoms with E-state index >= 15 is 0 Å². The minimum atomic E-state index is -0.231. The lowest BCUT2D eigenvalue weighted by Crippen LogP contribution is -2.34. The van der Waals surface area contributed by atoms with Crippen LogP contribution in [0.2, 0.25) is 0 Å². The lowest BCUT2D eigenvalue weighted by Gasteiger charge is -2.22. The summed E-state index contributed by atoms with van der Waals surface area (Å²) in [7, 11) is 0. The van der Waals surface area contributed by atoms with Crippen molar-refractivity contribution in [3.63, 3.8) is 0 Å². The Morgan fingerprint density at radius 1 is 1.03 bits per heavy atom. The fraction of sp³-hybridized carbons (Fsp3) is 0.261. The zero-order valence-corrected chi connectivity index (χ0v) is 17.0. The molecule has 1 aliphatic heterocycles. The molecular formula is C23H24N2O5. The SMILES string of the molecule is CCOc1ccc(NC(=O)N(Cc2ccc3c(c2)OCO3)Cc2ccc(C)o2)cc1. The molecule has 0 saturated carbocycles. The van der Waals surface area contributed by atoms with Gasteiger partial charge in [0.05, 0.1) is 13.2 Å². The van der Waals surface area contributed by atoms with Crippen LogP contribution >= 0.6 is 0 Å². The van der Waals surface area contributed by atoms with Crippen LogP contribution in [0.4, 0.5) is 10.5 Å². The van der Waals surface area contributed by atoms with Crippen LogP contribution in [0.3, 0.4) is 0 Å². The molecule has 1 N–H and O–H groups in total. The molecule has 0 saturated heterocycles. The van der Waals surface area contributed by atoms with E-state index in [2.05, 4.69) is 5.32 Å². The van der Waals surface area contributed by atoms with E-state index in [9.17, 15) is 4.79 Å². The van der Waals surface area contributed by atoms with Gasteiger partial charge in [0, 0.05) is 12.2 Å². The number of fused-ring (bicyclic) bond motifs is 1. The number of hydrogen-bond donors (Lipinski definition) is 1. The summed E-state index contributed by atoms with van der Waals surface area (Å²) in [6.07, 6.45) is 0. The third-order valence-electron chi connectivity index (χ3n) is 4.66. The fourth-order valence-electron chi connectivity index (χ4n) is 3.22. The van der Waals surface area contributed by atoms with Crippen LogP contribution in [0.1, 0.15) is 24.0 Å². The predicted octanol–water partition coefficient (Wildman–Crippen LogP) is 4.95. The Kier molecular flexibility index (Phi) is 5.79. The van der Waals surface area contributed by atoms with Crippen molar-refractivity contribution in [2.75, 3.05) is 18.7 Å². The monoisotopic (exact) mass is 408 g/mol. The Balaban J connectivity index is 1.50. The minimum Gasteiger partial charge on any atom is -0.494 e. The third-order valence-corrected chi connectivity index (χ3v) is 4.66. The minimum absolute atomic E-state index is 0.215. The van der Waals surface area contributed by atoms with E-state index in [0.29, 0.717) is 36.9 Å². The van der Waals surface area contributed by atoms with Crippen molar-refractivity contribution in [1.29, 1.82) is 0 Å². The van der Waals surface area contributed by atoms with Crippen molar-refractivity contribution in [2.45, 2.75) is 26.9 Å². The number of rotatable bonds is 7. The Morgan fingerprint density at radius 3 is 2.57 bits per heavy atom. The van der Waals surface area contributed by atoms with E-state index < -0.39 is 0 Å². The van der Waals surface area contributed by atoms with Gasteiger partial charge in [-0.3, -0.25) is 0 Å². The van der Waals surface area contributed by atoms with Gasteiger partial charge in [-0.2, -0.15) is 0 Å². The number of benzene rings is 2. The van der Waals surface area contributed by atoms with Gasteiger partial charge in [0.1, 0.15) is 17.3 Å². The van der Waals surface area contributed by atoms with Crippen molar-refractivity contribution in [1.82, 2.24) is 4.90 Å². The van der Waals surface area contributed by atoms with Gasteiger partial charge in [-0.15, -0.1) is 0 Å². The summed E-state index contributed by atoms with van der Waals surface area (Å²) in [4.78, 5) is 14.7. The van der Waals surface area contributed by atoms with E-state index in [1.54, 1.807) is 4.90 Å². The Labute approximate surface area is 175 Å². The highest BCUT2D eigenvalue weighted by molar-refractivity contribution is 5.89. The summed E-state index contributed by atoms with van der Waals surface area (Å²) >= 11 is 0. The topological polar surface area (TPSA) is 73.2 Å². The molecule has 0 radical (unpaired) electrons. The van der Waals surface area contributed by atoms with Gasteiger partial charge in [0.25, 0.3) is 0 Å². The van der Waals surface area contributed by atoms with Crippen molar-refractivity contribution in [3.8, 4) is 17.2 Å². The maximum absolute atomic E-state index is 13.1. The van der Waals surface area contributed by atoms with Gasteiger partial charge in [0.15, 0.2) is 11.5 Å². The molecular weight excluding hydrogens is 384 g/mol. The average molecular weight is 408 g/mol. The van der Waals surface area contributed by atoms with E-state index in [1.165, 1.54) is 0 Å². The second kappa shape index (κ2) is 8.82. The van der Waals surface area contributed by atoms with Crippen LogP contribution in [0.15, 0.2) is 59.0 Å². The van der Waals surface area contributed by atoms with Crippen molar-refractivity contribution >= 4 is 11.7 Å². The molecule has 0 aliphatic carbocycles. The highest BCUT2D eigenvalue weighted by Gasteiger charge is 2.19. The first kappa shape index (κ1) is 19.7. The quantitative estimate of drug-likeness (QED) is 0.599. The van der Waals surface area contributed by atoms with Crippen LogP contribution < -0.4 is 19.5 Å². The number of carbonyl (C=O) groups is 1. The molecule has 1 aromatic heterocycles. The standard InChI is InChI=1S/C23H24N2O5/c1-3-27-19-9-6-18(7-10-19)24-23(26)25(14-20-8-4-16(2)30-20)13-17-5-11-21-22(12-17)29-15-28-21/h4-12H,3,13-15H2,1-2H3,(H,24,26). The zero-order valence-electron chi connectivity index (χ0n) is 17.0. The zero-order chi connectivity index (χ0) is 20.9. The van der Waals surface area contributed by atoms with Crippen LogP contribution in [-0.2, 0) is 13.1 Å². The van der Waals surface area contributed by atoms with Gasteiger partial charge in [0.2, 0.25) is 6.79 Å². The molecule has 30 heavy (non-hydrogen) atoms. The highest BCUT2D eigenvalue weighted by Crippen LogP contribution is 2.33. The van der Waals surface area contributed by atoms with Gasteiger partial charge < -0.3 is 28.8 Å². The number of nitrogens with zero attached hydrogens (tertiary/aromatic N) is 1. The van der Waals surface area contributed by atoms with Gasteiger partial charge >= 0.3 is 6.03 Å². The molecule has 7 heteroatoms. The summed E-state index contributed by atoms with van der Waals surface area (Å²) in [5.41, 5.74) is 1.62. The fourth-order valence-corrected chi connectivity index (χ4v) is 3.22. The smallest absolute Gasteiger partial charge is 0.322 e. The van der Waals surface area contributed by atoms with E-state index in [1.807, 2.05) is 68.4 Å². The molecule has 2 aromatic carbocycles. The number of anilines is 1. The Morgan fingerprint density at radius 2 is 1.83 bits per heavy atom. The number of furan rings is 1. The van der Waals surface area contributed by atoms with E-state index in [4.69, 9.17) is 18.6 Å². The number of carbonyl (C=O) groups excluding carboxylic acids is 1. The third kappa shape index (κ3) is 4.68. The summed E-state index contributed by atoms with van der Waals surface area (Å²) in [6.45, 7) is 5.35. The molecule has 0 atom stereocenters. The number of urea groups is 1. The summed E-state index contributed by atoms with van der Waals surface area (Å²) < 4.78 is 22.0. The number of hydrogen-bond acceptors (Lipinski definition) is 5. The summed E-state index contributed by atoms with van der Waals surface area (Å²) in [6, 6.07) is 16.5. The van der Waals surface area contributed by atoms with Crippen LogP contribution in [0.25, 0.3) is 0 Å². The highest BCUT2D eigenvalue weighted by atomic mass is 16.7. The maximum Gasteiger partial charge on any atom is 0.322 e. The van der Waals surface area contributed by atoms with Crippen LogP contribution in [0, 0.1) is 6.92 Å². The molecule has 2 heterocycles. The summed E-state index contributed by atoms with van der Waals surface area (Å²) in [5.74, 6) is 3.69. The van der Waals surface area contributed by atoms with Crippen LogP contribution in [-0.4, -0.2) is 24.3 Å². The maximum atomic E-state index is 13.1. The lowest BCUT2D eigenvalue weighted by molar-refractivity contribution is 0.174. The van der Waals surface area contributed by atoms with Gasteiger partial charge in [-0.1, -0.05) is 6.07 Å². The molecule has 0 spiro atoms. The molecule has 4 rings (SSSR count). The number of amides is 2. The first-order valence-electron chi connectivity index (χ1n) is 9.83. The first-order chi connectivity index (χ1) is 14.6. The summed E-state index contributed by atoms with van der Waals surface area (Å²) in [5, 5.41) is 2.94. The van der Waals surface area contributed by atoms with Crippen molar-refractivity contribution < 1.29 is 23.4 Å². The molecule has 156 valence electrons. The molecule has 3 aromatic rings. The Bertz CT molecular complexity index is 1010. The second-order valence-corrected chi connectivity index (χ2v) is 6.94. The van der Waals surface area contributed by atoms with E-state index in [0.717, 1.165) is 22.8 Å². The van der Waals surface area contributed by atoms with Crippen molar-refractivity contribution in [2.24, 2.45) is 0 Å². The molecule has 7 nitrogen and oxygen atoms in total. The number of aryl methyl sites for hydroxylation is 1. The predicted molar refractivity (Wildman–Crippen MR) is 112 cm³/mol. The van der Waals surface area contributed by atoms with E-state index in [-0.39, 0.29) is 12.8 Å². The average Bonchev–Trinajstić information content (AvgIpc) is 3.37. The Hall–Kier alpha value is -3.61. The molecule has 0 fully saturated rings.